The van der Waals surface area contributed by atoms with Gasteiger partial charge in [0.15, 0.2) is 0 Å². The lowest BCUT2D eigenvalue weighted by Crippen LogP contribution is -2.40. The highest BCUT2D eigenvalue weighted by Gasteiger charge is 2.38. The van der Waals surface area contributed by atoms with Crippen LogP contribution in [0.4, 0.5) is 0 Å². The van der Waals surface area contributed by atoms with Crippen molar-refractivity contribution in [3.63, 3.8) is 0 Å². The van der Waals surface area contributed by atoms with E-state index in [0.717, 1.165) is 60.3 Å². The lowest BCUT2D eigenvalue weighted by Gasteiger charge is -2.29. The molecule has 3 N–H and O–H groups in total. The summed E-state index contributed by atoms with van der Waals surface area (Å²) < 4.78 is 33.3. The number of likely N-dealkylation sites (tertiary alicyclic amines) is 2. The van der Waals surface area contributed by atoms with Gasteiger partial charge in [-0.3, -0.25) is 29.2 Å². The topological polar surface area (TPSA) is 187 Å². The van der Waals surface area contributed by atoms with Crippen molar-refractivity contribution in [3.8, 4) is 0 Å². The summed E-state index contributed by atoms with van der Waals surface area (Å²) in [4.78, 5) is 46.1. The molecular formula is C58H79N3O12S. The van der Waals surface area contributed by atoms with E-state index in [1.165, 1.54) is 0 Å². The number of hydrogen-bond acceptors (Lipinski definition) is 16. The van der Waals surface area contributed by atoms with Gasteiger partial charge in [-0.05, 0) is 85.6 Å². The van der Waals surface area contributed by atoms with Crippen LogP contribution in [0.2, 0.25) is 0 Å². The van der Waals surface area contributed by atoms with E-state index in [-0.39, 0.29) is 88.8 Å². The second kappa shape index (κ2) is 33.3. The van der Waals surface area contributed by atoms with Crippen LogP contribution >= 0.6 is 11.8 Å². The molecule has 16 heteroatoms. The Morgan fingerprint density at radius 1 is 0.608 bits per heavy atom. The van der Waals surface area contributed by atoms with Gasteiger partial charge in [-0.25, -0.2) is 0 Å². The highest BCUT2D eigenvalue weighted by molar-refractivity contribution is 7.98. The standard InChI is InChI=1S/C58H79N3O12S/c1-44-28-48(32-60(44)34-53(62)39-68-25-11-20-56(65)71-36-45-14-5-2-6-15-45)29-52-30-50(33-61(52)35-54(63)40-69-26-12-21-57(66)72-37-46-16-7-3-8-17-46)49-23-24-51(59-31-49)42-74-43-55(64)41-70-27-13-22-58(67)73-38-47-18-9-4-10-19-47/h2-10,14-19,23-24,31,44,48,50,52-55,62-64H,11-13,20-22,25-30,32-43H2,1H3/t44?,48?,50?,52-,53?,54?,55?/m0/s1. The summed E-state index contributed by atoms with van der Waals surface area (Å²) in [5.74, 6) is 0.974. The molecule has 2 aliphatic heterocycles. The fraction of sp³-hybridized carbons (Fsp3) is 0.552. The largest absolute Gasteiger partial charge is 0.461 e. The molecule has 7 atom stereocenters. The Labute approximate surface area is 442 Å². The predicted molar refractivity (Wildman–Crippen MR) is 284 cm³/mol. The molecule has 2 aliphatic rings. The highest BCUT2D eigenvalue weighted by atomic mass is 32.2. The summed E-state index contributed by atoms with van der Waals surface area (Å²) in [5.41, 5.74) is 4.92. The first-order valence-corrected chi connectivity index (χ1v) is 27.6. The number of hydrogen-bond donors (Lipinski definition) is 3. The van der Waals surface area contributed by atoms with E-state index in [4.69, 9.17) is 33.4 Å². The van der Waals surface area contributed by atoms with Gasteiger partial charge < -0.3 is 43.7 Å². The van der Waals surface area contributed by atoms with Gasteiger partial charge in [0.05, 0.1) is 43.8 Å². The van der Waals surface area contributed by atoms with Crippen molar-refractivity contribution < 1.29 is 58.1 Å². The summed E-state index contributed by atoms with van der Waals surface area (Å²) in [6.07, 6.45) is 5.19. The molecule has 1 aromatic heterocycles. The molecule has 404 valence electrons. The Morgan fingerprint density at radius 3 is 1.55 bits per heavy atom. The van der Waals surface area contributed by atoms with E-state index >= 15 is 0 Å². The maximum atomic E-state index is 12.3. The first-order valence-electron chi connectivity index (χ1n) is 26.4. The average Bonchev–Trinajstić information content (AvgIpc) is 3.97. The molecule has 0 radical (unpaired) electrons. The Morgan fingerprint density at radius 2 is 1.08 bits per heavy atom. The number of ether oxygens (including phenoxy) is 6. The molecule has 0 amide bonds. The van der Waals surface area contributed by atoms with Gasteiger partial charge in [-0.1, -0.05) is 97.1 Å². The Bertz CT molecular complexity index is 2180. The van der Waals surface area contributed by atoms with E-state index in [1.54, 1.807) is 11.8 Å². The molecule has 2 saturated heterocycles. The number of aliphatic hydroxyl groups excluding tert-OH is 3. The predicted octanol–water partition coefficient (Wildman–Crippen LogP) is 7.28. The average molecular weight is 1040 g/mol. The van der Waals surface area contributed by atoms with E-state index in [1.807, 2.05) is 97.2 Å². The van der Waals surface area contributed by atoms with Crippen LogP contribution in [0.5, 0.6) is 0 Å². The Balaban J connectivity index is 0.905. The van der Waals surface area contributed by atoms with Crippen LogP contribution in [0.25, 0.3) is 0 Å². The summed E-state index contributed by atoms with van der Waals surface area (Å²) >= 11 is 1.59. The molecule has 6 rings (SSSR count). The number of benzene rings is 3. The number of pyridine rings is 1. The number of rotatable bonds is 35. The van der Waals surface area contributed by atoms with Gasteiger partial charge in [0, 0.05) is 95.0 Å². The fourth-order valence-corrected chi connectivity index (χ4v) is 10.4. The first kappa shape index (κ1) is 58.5. The number of esters is 3. The van der Waals surface area contributed by atoms with Gasteiger partial charge >= 0.3 is 17.9 Å². The van der Waals surface area contributed by atoms with Gasteiger partial charge in [0.25, 0.3) is 0 Å². The molecule has 4 aromatic rings. The smallest absolute Gasteiger partial charge is 0.306 e. The first-order chi connectivity index (χ1) is 36.1. The normalized spacial score (nSPS) is 19.2. The molecule has 15 nitrogen and oxygen atoms in total. The quantitative estimate of drug-likeness (QED) is 0.0237. The van der Waals surface area contributed by atoms with Crippen molar-refractivity contribution in [3.05, 3.63) is 137 Å². The molecule has 0 spiro atoms. The van der Waals surface area contributed by atoms with Crippen LogP contribution in [-0.2, 0) is 68.4 Å². The Hall–Kier alpha value is -4.75. The van der Waals surface area contributed by atoms with Crippen LogP contribution in [0.1, 0.15) is 98.6 Å². The van der Waals surface area contributed by atoms with Crippen LogP contribution in [0.15, 0.2) is 109 Å². The van der Waals surface area contributed by atoms with Crippen molar-refractivity contribution in [2.24, 2.45) is 5.92 Å². The third kappa shape index (κ3) is 22.6. The van der Waals surface area contributed by atoms with E-state index in [9.17, 15) is 29.7 Å². The summed E-state index contributed by atoms with van der Waals surface area (Å²) in [5, 5.41) is 32.7. The van der Waals surface area contributed by atoms with Crippen LogP contribution < -0.4 is 0 Å². The van der Waals surface area contributed by atoms with Crippen LogP contribution in [0, 0.1) is 5.92 Å². The lowest BCUT2D eigenvalue weighted by atomic mass is 9.92. The molecule has 2 fully saturated rings. The minimum absolute atomic E-state index is 0.167. The number of β-amino-alcohol motifs (C(OH)–C–C–N with tert-alkyl or cyclic N) is 2. The third-order valence-electron chi connectivity index (χ3n) is 13.4. The third-order valence-corrected chi connectivity index (χ3v) is 14.5. The van der Waals surface area contributed by atoms with Gasteiger partial charge in [-0.15, -0.1) is 0 Å². The van der Waals surface area contributed by atoms with E-state index in [0.29, 0.717) is 75.6 Å². The van der Waals surface area contributed by atoms with Crippen molar-refractivity contribution in [2.45, 2.75) is 127 Å². The number of aliphatic hydroxyl groups is 3. The minimum Gasteiger partial charge on any atom is -0.461 e. The molecule has 0 bridgehead atoms. The van der Waals surface area contributed by atoms with E-state index in [2.05, 4.69) is 28.9 Å². The molecular weight excluding hydrogens is 963 g/mol. The van der Waals surface area contributed by atoms with Crippen LogP contribution in [0.3, 0.4) is 0 Å². The summed E-state index contributed by atoms with van der Waals surface area (Å²) in [6.45, 7) is 7.21. The molecule has 3 aromatic carbocycles. The molecule has 3 heterocycles. The zero-order valence-corrected chi connectivity index (χ0v) is 44.0. The minimum atomic E-state index is -0.706. The number of nitrogens with zero attached hydrogens (tertiary/aromatic N) is 3. The SMILES string of the molecule is CC1CC(C[C@H]2CC(c3ccc(CSCC(O)COCCCC(=O)OCc4ccccc4)nc3)CN2CC(O)COCCCC(=O)OCc2ccccc2)CN1CC(O)COCCCC(=O)OCc1ccccc1. The van der Waals surface area contributed by atoms with Crippen molar-refractivity contribution in [1.29, 1.82) is 0 Å². The number of carbonyl (C=O) groups is 3. The van der Waals surface area contributed by atoms with Gasteiger partial charge in [0.2, 0.25) is 0 Å². The second-order valence-electron chi connectivity index (χ2n) is 19.7. The van der Waals surface area contributed by atoms with Gasteiger partial charge in [-0.2, -0.15) is 11.8 Å². The zero-order chi connectivity index (χ0) is 52.2. The second-order valence-corrected chi connectivity index (χ2v) is 20.7. The summed E-state index contributed by atoms with van der Waals surface area (Å²) in [7, 11) is 0. The lowest BCUT2D eigenvalue weighted by molar-refractivity contribution is -0.146. The van der Waals surface area contributed by atoms with Crippen LogP contribution in [-0.4, -0.2) is 150 Å². The molecule has 0 saturated carbocycles. The monoisotopic (exact) mass is 1040 g/mol. The van der Waals surface area contributed by atoms with E-state index < -0.39 is 18.3 Å². The summed E-state index contributed by atoms with van der Waals surface area (Å²) in [6, 6.07) is 33.5. The molecule has 74 heavy (non-hydrogen) atoms. The number of thioether (sulfide) groups is 1. The number of aromatic nitrogens is 1. The fourth-order valence-electron chi connectivity index (χ4n) is 9.52. The van der Waals surface area contributed by atoms with Crippen molar-refractivity contribution in [1.82, 2.24) is 14.8 Å². The Kier molecular flexibility index (Phi) is 26.3. The maximum absolute atomic E-state index is 12.3. The number of carbonyl (C=O) groups excluding carboxylic acids is 3. The molecule has 0 aliphatic carbocycles. The molecule has 6 unspecified atom stereocenters. The van der Waals surface area contributed by atoms with Gasteiger partial charge in [0.1, 0.15) is 19.8 Å². The zero-order valence-electron chi connectivity index (χ0n) is 43.2. The highest BCUT2D eigenvalue weighted by Crippen LogP contribution is 2.37. The maximum Gasteiger partial charge on any atom is 0.306 e. The van der Waals surface area contributed by atoms with Crippen molar-refractivity contribution in [2.75, 3.05) is 71.6 Å². The van der Waals surface area contributed by atoms with Crippen molar-refractivity contribution >= 4 is 29.7 Å².